The van der Waals surface area contributed by atoms with Crippen LogP contribution in [0.25, 0.3) is 10.9 Å². The Hall–Kier alpha value is -1.77. The summed E-state index contributed by atoms with van der Waals surface area (Å²) in [6.45, 7) is 3.98. The Morgan fingerprint density at radius 1 is 1.16 bits per heavy atom. The van der Waals surface area contributed by atoms with Gasteiger partial charge in [0, 0.05) is 10.9 Å². The summed E-state index contributed by atoms with van der Waals surface area (Å²) in [7, 11) is 0. The zero-order chi connectivity index (χ0) is 13.8. The van der Waals surface area contributed by atoms with Crippen molar-refractivity contribution < 1.29 is 5.21 Å². The van der Waals surface area contributed by atoms with E-state index in [1.54, 1.807) is 12.1 Å². The molecule has 0 saturated carbocycles. The van der Waals surface area contributed by atoms with E-state index >= 15 is 0 Å². The van der Waals surface area contributed by atoms with Gasteiger partial charge in [-0.1, -0.05) is 38.3 Å². The van der Waals surface area contributed by atoms with E-state index in [0.717, 1.165) is 29.6 Å². The van der Waals surface area contributed by atoms with Gasteiger partial charge in [0.1, 0.15) is 0 Å². The lowest BCUT2D eigenvalue weighted by Crippen LogP contribution is -2.17. The zero-order valence-electron chi connectivity index (χ0n) is 11.6. The largest absolute Gasteiger partial charge is 0.428 e. The second-order valence-electron chi connectivity index (χ2n) is 5.03. The van der Waals surface area contributed by atoms with Gasteiger partial charge in [-0.25, -0.2) is 0 Å². The van der Waals surface area contributed by atoms with Crippen LogP contribution in [0.4, 0.5) is 0 Å². The van der Waals surface area contributed by atoms with Crippen LogP contribution in [0.2, 0.25) is 0 Å². The summed E-state index contributed by atoms with van der Waals surface area (Å²) >= 11 is 0. The minimum Gasteiger partial charge on any atom is -0.428 e. The van der Waals surface area contributed by atoms with Crippen LogP contribution >= 0.6 is 0 Å². The zero-order valence-corrected chi connectivity index (χ0v) is 11.6. The Labute approximate surface area is 113 Å². The van der Waals surface area contributed by atoms with E-state index in [1.807, 2.05) is 19.1 Å². The molecule has 1 heterocycles. The first-order chi connectivity index (χ1) is 9.16. The fourth-order valence-electron chi connectivity index (χ4n) is 2.51. The molecule has 0 saturated heterocycles. The number of rotatable bonds is 5. The van der Waals surface area contributed by atoms with E-state index in [-0.39, 0.29) is 5.43 Å². The number of unbranched alkanes of at least 4 members (excludes halogenated alkanes) is 3. The third-order valence-corrected chi connectivity index (χ3v) is 3.69. The van der Waals surface area contributed by atoms with Crippen molar-refractivity contribution >= 4 is 10.9 Å². The first kappa shape index (κ1) is 13.7. The molecule has 0 aliphatic heterocycles. The average molecular weight is 259 g/mol. The lowest BCUT2D eigenvalue weighted by atomic mass is 10.0. The molecule has 0 fully saturated rings. The third kappa shape index (κ3) is 2.65. The number of aromatic nitrogens is 1. The highest BCUT2D eigenvalue weighted by atomic mass is 16.5. The normalized spacial score (nSPS) is 11.1. The minimum absolute atomic E-state index is 0.0647. The van der Waals surface area contributed by atoms with E-state index in [2.05, 4.69) is 6.92 Å². The molecular weight excluding hydrogens is 238 g/mol. The van der Waals surface area contributed by atoms with E-state index in [9.17, 15) is 10.0 Å². The van der Waals surface area contributed by atoms with Crippen LogP contribution in [0.1, 0.15) is 43.9 Å². The van der Waals surface area contributed by atoms with Crippen LogP contribution in [-0.2, 0) is 6.42 Å². The molecule has 2 aromatic rings. The summed E-state index contributed by atoms with van der Waals surface area (Å²) in [5.41, 5.74) is 2.06. The molecule has 0 unspecified atom stereocenters. The highest BCUT2D eigenvalue weighted by Crippen LogP contribution is 2.16. The molecule has 19 heavy (non-hydrogen) atoms. The van der Waals surface area contributed by atoms with E-state index < -0.39 is 0 Å². The Morgan fingerprint density at radius 3 is 2.63 bits per heavy atom. The van der Waals surface area contributed by atoms with E-state index in [0.29, 0.717) is 16.6 Å². The van der Waals surface area contributed by atoms with Crippen molar-refractivity contribution in [1.29, 1.82) is 0 Å². The molecule has 0 atom stereocenters. The summed E-state index contributed by atoms with van der Waals surface area (Å²) in [6, 6.07) is 7.21. The van der Waals surface area contributed by atoms with E-state index in [1.165, 1.54) is 12.8 Å². The number of nitrogens with zero attached hydrogens (tertiary/aromatic N) is 1. The Morgan fingerprint density at radius 2 is 1.89 bits per heavy atom. The highest BCUT2D eigenvalue weighted by Gasteiger charge is 2.12. The number of hydrogen-bond donors (Lipinski definition) is 1. The van der Waals surface area contributed by atoms with Gasteiger partial charge in [-0.3, -0.25) is 4.79 Å². The standard InChI is InChI=1S/C16H21NO2/c1-3-4-5-6-9-13-12(2)17(19)15-11-8-7-10-14(15)16(13)18/h7-8,10-11,19H,3-6,9H2,1-2H3. The Balaban J connectivity index is 2.41. The number of para-hydroxylation sites is 1. The summed E-state index contributed by atoms with van der Waals surface area (Å²) in [5.74, 6) is 0. The van der Waals surface area contributed by atoms with Crippen molar-refractivity contribution in [2.24, 2.45) is 0 Å². The Kier molecular flexibility index (Phi) is 4.25. The summed E-state index contributed by atoms with van der Waals surface area (Å²) in [6.07, 6.45) is 5.26. The molecule has 102 valence electrons. The first-order valence-electron chi connectivity index (χ1n) is 6.99. The van der Waals surface area contributed by atoms with Gasteiger partial charge < -0.3 is 5.21 Å². The molecule has 2 rings (SSSR count). The molecular formula is C16H21NO2. The molecule has 1 N–H and O–H groups in total. The minimum atomic E-state index is 0.0647. The van der Waals surface area contributed by atoms with Gasteiger partial charge in [0.2, 0.25) is 0 Å². The number of fused-ring (bicyclic) bond motifs is 1. The molecule has 0 radical (unpaired) electrons. The topological polar surface area (TPSA) is 42.2 Å². The number of pyridine rings is 1. The third-order valence-electron chi connectivity index (χ3n) is 3.69. The molecule has 0 bridgehead atoms. The lowest BCUT2D eigenvalue weighted by molar-refractivity contribution is 0.190. The van der Waals surface area contributed by atoms with Gasteiger partial charge in [-0.15, -0.1) is 0 Å². The van der Waals surface area contributed by atoms with E-state index in [4.69, 9.17) is 0 Å². The van der Waals surface area contributed by atoms with Crippen molar-refractivity contribution in [1.82, 2.24) is 4.73 Å². The summed E-state index contributed by atoms with van der Waals surface area (Å²) < 4.78 is 1.14. The van der Waals surface area contributed by atoms with Crippen molar-refractivity contribution in [2.45, 2.75) is 46.0 Å². The highest BCUT2D eigenvalue weighted by molar-refractivity contribution is 5.79. The van der Waals surface area contributed by atoms with Gasteiger partial charge in [0.25, 0.3) is 0 Å². The van der Waals surface area contributed by atoms with Crippen LogP contribution in [0.3, 0.4) is 0 Å². The average Bonchev–Trinajstić information content (AvgIpc) is 2.44. The maximum Gasteiger partial charge on any atom is 0.193 e. The van der Waals surface area contributed by atoms with Crippen LogP contribution in [0.15, 0.2) is 29.1 Å². The number of benzene rings is 1. The van der Waals surface area contributed by atoms with Crippen LogP contribution in [-0.4, -0.2) is 9.94 Å². The number of hydrogen-bond acceptors (Lipinski definition) is 2. The quantitative estimate of drug-likeness (QED) is 0.657. The van der Waals surface area contributed by atoms with Gasteiger partial charge in [0.05, 0.1) is 11.2 Å². The Bertz CT molecular complexity index is 628. The predicted molar refractivity (Wildman–Crippen MR) is 78.0 cm³/mol. The van der Waals surface area contributed by atoms with Gasteiger partial charge >= 0.3 is 0 Å². The molecule has 0 aliphatic rings. The molecule has 0 aliphatic carbocycles. The smallest absolute Gasteiger partial charge is 0.193 e. The molecule has 3 nitrogen and oxygen atoms in total. The van der Waals surface area contributed by atoms with Gasteiger partial charge in [-0.05, 0) is 31.9 Å². The van der Waals surface area contributed by atoms with Crippen molar-refractivity contribution in [3.05, 3.63) is 45.7 Å². The predicted octanol–water partition coefficient (Wildman–Crippen LogP) is 3.67. The molecule has 0 spiro atoms. The lowest BCUT2D eigenvalue weighted by Gasteiger charge is -2.12. The fraction of sp³-hybridized carbons (Fsp3) is 0.438. The SMILES string of the molecule is CCCCCCc1c(C)n(O)c2ccccc2c1=O. The van der Waals surface area contributed by atoms with Crippen LogP contribution in [0, 0.1) is 6.92 Å². The maximum atomic E-state index is 12.4. The maximum absolute atomic E-state index is 12.4. The van der Waals surface area contributed by atoms with Gasteiger partial charge in [-0.2, -0.15) is 4.73 Å². The molecule has 0 amide bonds. The van der Waals surface area contributed by atoms with Crippen molar-refractivity contribution in [2.75, 3.05) is 0 Å². The van der Waals surface area contributed by atoms with Crippen molar-refractivity contribution in [3.8, 4) is 0 Å². The van der Waals surface area contributed by atoms with Crippen LogP contribution < -0.4 is 5.43 Å². The summed E-state index contributed by atoms with van der Waals surface area (Å²) in [4.78, 5) is 12.4. The monoisotopic (exact) mass is 259 g/mol. The van der Waals surface area contributed by atoms with Crippen LogP contribution in [0.5, 0.6) is 0 Å². The molecule has 1 aromatic carbocycles. The second kappa shape index (κ2) is 5.91. The van der Waals surface area contributed by atoms with Gasteiger partial charge in [0.15, 0.2) is 5.43 Å². The second-order valence-corrected chi connectivity index (χ2v) is 5.03. The molecule has 1 aromatic heterocycles. The fourth-order valence-corrected chi connectivity index (χ4v) is 2.51. The first-order valence-corrected chi connectivity index (χ1v) is 6.99. The molecule has 3 heteroatoms. The van der Waals surface area contributed by atoms with Crippen molar-refractivity contribution in [3.63, 3.8) is 0 Å². The summed E-state index contributed by atoms with van der Waals surface area (Å²) in [5, 5.41) is 10.7.